The van der Waals surface area contributed by atoms with Gasteiger partial charge < -0.3 is 10.4 Å². The highest BCUT2D eigenvalue weighted by Crippen LogP contribution is 2.41. The summed E-state index contributed by atoms with van der Waals surface area (Å²) in [6.45, 7) is -0.162. The summed E-state index contributed by atoms with van der Waals surface area (Å²) in [6, 6.07) is 20.0. The molecule has 0 spiro atoms. The summed E-state index contributed by atoms with van der Waals surface area (Å²) in [4.78, 5) is 39.0. The van der Waals surface area contributed by atoms with Gasteiger partial charge in [0.1, 0.15) is 5.69 Å². The molecule has 39 heavy (non-hydrogen) atoms. The van der Waals surface area contributed by atoms with Crippen molar-refractivity contribution < 1.29 is 28.0 Å². The molecule has 5 rings (SSSR count). The molecular weight excluding hydrogens is 524 g/mol. The molecule has 11 nitrogen and oxygen atoms in total. The number of carbonyl (C=O) groups excluding carboxylic acids is 2. The minimum absolute atomic E-state index is 0.0307. The Morgan fingerprint density at radius 1 is 0.897 bits per heavy atom. The summed E-state index contributed by atoms with van der Waals surface area (Å²) >= 11 is 0. The van der Waals surface area contributed by atoms with Crippen molar-refractivity contribution in [1.29, 1.82) is 0 Å². The summed E-state index contributed by atoms with van der Waals surface area (Å²) in [5, 5.41) is 24.4. The van der Waals surface area contributed by atoms with Crippen molar-refractivity contribution in [3.05, 3.63) is 106 Å². The average molecular weight is 547 g/mol. The van der Waals surface area contributed by atoms with Gasteiger partial charge in [0, 0.05) is 35.5 Å². The van der Waals surface area contributed by atoms with Crippen LogP contribution in [0.4, 0.5) is 17.1 Å². The molecular formula is C27H22N4O7S. The quantitative estimate of drug-likeness (QED) is 0.164. The second-order valence-electron chi connectivity index (χ2n) is 8.70. The Balaban J connectivity index is 1.51. The van der Waals surface area contributed by atoms with Crippen LogP contribution in [0.2, 0.25) is 0 Å². The number of carbonyl (C=O) groups is 2. The van der Waals surface area contributed by atoms with E-state index in [9.17, 15) is 33.2 Å². The van der Waals surface area contributed by atoms with Crippen molar-refractivity contribution in [2.45, 2.75) is 11.4 Å². The summed E-state index contributed by atoms with van der Waals surface area (Å²) in [6.07, 6.45) is 0. The van der Waals surface area contributed by atoms with Crippen molar-refractivity contribution >= 4 is 49.7 Å². The zero-order valence-electron chi connectivity index (χ0n) is 20.3. The SMILES string of the molecule is O=C1c2cccc3c(NCCO)c([N+](=O)[O-])cc(c23)C(=O)N1c1ccc(S(=O)(=O)NCc2ccccc2)cc1. The number of sulfonamides is 1. The van der Waals surface area contributed by atoms with Crippen molar-refractivity contribution in [3.8, 4) is 0 Å². The number of nitro benzene ring substituents is 1. The van der Waals surface area contributed by atoms with Gasteiger partial charge in [-0.25, -0.2) is 18.0 Å². The van der Waals surface area contributed by atoms with Crippen LogP contribution in [0.1, 0.15) is 26.3 Å². The van der Waals surface area contributed by atoms with Crippen LogP contribution in [0.25, 0.3) is 10.8 Å². The number of nitrogens with one attached hydrogen (secondary N) is 2. The normalized spacial score (nSPS) is 13.1. The standard InChI is InChI=1S/C27H22N4O7S/c32-14-13-28-25-20-7-4-8-21-24(20)22(15-23(25)31(35)36)27(34)30(26(21)33)18-9-11-19(12-10-18)39(37,38)29-16-17-5-2-1-3-6-17/h1-12,15,28-29,32H,13-14,16H2. The lowest BCUT2D eigenvalue weighted by Crippen LogP contribution is -2.40. The predicted molar refractivity (Wildman–Crippen MR) is 144 cm³/mol. The number of benzene rings is 4. The van der Waals surface area contributed by atoms with Crippen LogP contribution in [0.15, 0.2) is 83.8 Å². The van der Waals surface area contributed by atoms with E-state index in [2.05, 4.69) is 10.0 Å². The number of nitro groups is 1. The fraction of sp³-hybridized carbons (Fsp3) is 0.111. The number of hydrogen-bond acceptors (Lipinski definition) is 8. The Morgan fingerprint density at radius 3 is 2.26 bits per heavy atom. The van der Waals surface area contributed by atoms with Crippen molar-refractivity contribution in [1.82, 2.24) is 4.72 Å². The van der Waals surface area contributed by atoms with Gasteiger partial charge >= 0.3 is 0 Å². The average Bonchev–Trinajstić information content (AvgIpc) is 2.94. The molecule has 4 aromatic rings. The number of amides is 2. The topological polar surface area (TPSA) is 159 Å². The molecule has 4 aromatic carbocycles. The van der Waals surface area contributed by atoms with Crippen LogP contribution < -0.4 is 14.9 Å². The molecule has 0 aromatic heterocycles. The highest BCUT2D eigenvalue weighted by atomic mass is 32.2. The Bertz CT molecular complexity index is 1720. The third-order valence-electron chi connectivity index (χ3n) is 6.33. The van der Waals surface area contributed by atoms with Gasteiger partial charge in [-0.2, -0.15) is 0 Å². The molecule has 0 fully saturated rings. The van der Waals surface area contributed by atoms with Gasteiger partial charge in [-0.05, 0) is 35.9 Å². The minimum atomic E-state index is -3.88. The number of aliphatic hydroxyl groups excluding tert-OH is 1. The Labute approximate surface area is 222 Å². The van der Waals surface area contributed by atoms with E-state index in [1.165, 1.54) is 30.3 Å². The van der Waals surface area contributed by atoms with E-state index < -0.39 is 26.8 Å². The summed E-state index contributed by atoms with van der Waals surface area (Å²) in [5.41, 5.74) is 0.726. The van der Waals surface area contributed by atoms with Gasteiger partial charge in [-0.3, -0.25) is 19.7 Å². The maximum Gasteiger partial charge on any atom is 0.293 e. The lowest BCUT2D eigenvalue weighted by atomic mass is 9.91. The van der Waals surface area contributed by atoms with Crippen LogP contribution >= 0.6 is 0 Å². The summed E-state index contributed by atoms with van der Waals surface area (Å²) in [7, 11) is -3.88. The number of anilines is 2. The van der Waals surface area contributed by atoms with Crippen LogP contribution in [-0.2, 0) is 16.6 Å². The Morgan fingerprint density at radius 2 is 1.59 bits per heavy atom. The monoisotopic (exact) mass is 546 g/mol. The molecule has 0 bridgehead atoms. The van der Waals surface area contributed by atoms with Crippen LogP contribution in [0.5, 0.6) is 0 Å². The van der Waals surface area contributed by atoms with E-state index in [-0.39, 0.29) is 58.2 Å². The summed E-state index contributed by atoms with van der Waals surface area (Å²) < 4.78 is 28.1. The van der Waals surface area contributed by atoms with Crippen molar-refractivity contribution in [2.75, 3.05) is 23.4 Å². The van der Waals surface area contributed by atoms with E-state index in [1.54, 1.807) is 36.4 Å². The second kappa shape index (κ2) is 10.3. The van der Waals surface area contributed by atoms with E-state index in [1.807, 2.05) is 6.07 Å². The first-order valence-electron chi connectivity index (χ1n) is 11.8. The molecule has 1 aliphatic heterocycles. The zero-order chi connectivity index (χ0) is 27.7. The maximum absolute atomic E-state index is 13.5. The first-order chi connectivity index (χ1) is 18.7. The number of rotatable bonds is 9. The van der Waals surface area contributed by atoms with Crippen LogP contribution in [0.3, 0.4) is 0 Å². The van der Waals surface area contributed by atoms with E-state index in [0.717, 1.165) is 16.5 Å². The van der Waals surface area contributed by atoms with E-state index >= 15 is 0 Å². The molecule has 0 radical (unpaired) electrons. The third kappa shape index (κ3) is 4.72. The van der Waals surface area contributed by atoms with Gasteiger partial charge in [0.25, 0.3) is 17.5 Å². The smallest absolute Gasteiger partial charge is 0.293 e. The molecule has 2 amide bonds. The zero-order valence-corrected chi connectivity index (χ0v) is 21.1. The van der Waals surface area contributed by atoms with Crippen molar-refractivity contribution in [3.63, 3.8) is 0 Å². The fourth-order valence-electron chi connectivity index (χ4n) is 4.53. The first kappa shape index (κ1) is 26.0. The largest absolute Gasteiger partial charge is 0.395 e. The molecule has 0 unspecified atom stereocenters. The third-order valence-corrected chi connectivity index (χ3v) is 7.75. The van der Waals surface area contributed by atoms with Gasteiger partial charge in [-0.15, -0.1) is 0 Å². The maximum atomic E-state index is 13.5. The van der Waals surface area contributed by atoms with Crippen molar-refractivity contribution in [2.24, 2.45) is 0 Å². The van der Waals surface area contributed by atoms with Gasteiger partial charge in [0.15, 0.2) is 0 Å². The molecule has 1 aliphatic rings. The molecule has 0 atom stereocenters. The first-order valence-corrected chi connectivity index (χ1v) is 13.3. The van der Waals surface area contributed by atoms with E-state index in [0.29, 0.717) is 5.39 Å². The Kier molecular flexibility index (Phi) is 6.83. The highest BCUT2D eigenvalue weighted by molar-refractivity contribution is 7.89. The number of aliphatic hydroxyl groups is 1. The molecule has 0 saturated carbocycles. The number of hydrogen-bond donors (Lipinski definition) is 3. The fourth-order valence-corrected chi connectivity index (χ4v) is 5.54. The van der Waals surface area contributed by atoms with E-state index in [4.69, 9.17) is 0 Å². The Hall–Kier alpha value is -4.65. The van der Waals surface area contributed by atoms with Crippen LogP contribution in [-0.4, -0.2) is 43.4 Å². The number of imide groups is 1. The van der Waals surface area contributed by atoms with Gasteiger partial charge in [-0.1, -0.05) is 42.5 Å². The molecule has 0 saturated heterocycles. The van der Waals surface area contributed by atoms with Gasteiger partial charge in [0.2, 0.25) is 10.0 Å². The molecule has 12 heteroatoms. The molecule has 0 aliphatic carbocycles. The lowest BCUT2D eigenvalue weighted by molar-refractivity contribution is -0.383. The predicted octanol–water partition coefficient (Wildman–Crippen LogP) is 3.43. The molecule has 198 valence electrons. The van der Waals surface area contributed by atoms with Crippen LogP contribution in [0, 0.1) is 10.1 Å². The highest BCUT2D eigenvalue weighted by Gasteiger charge is 2.37. The van der Waals surface area contributed by atoms with Gasteiger partial charge in [0.05, 0.1) is 27.7 Å². The lowest BCUT2D eigenvalue weighted by Gasteiger charge is -2.28. The summed E-state index contributed by atoms with van der Waals surface area (Å²) in [5.74, 6) is -1.43. The second-order valence-corrected chi connectivity index (χ2v) is 10.5. The molecule has 1 heterocycles. The molecule has 3 N–H and O–H groups in total. The number of nitrogens with zero attached hydrogens (tertiary/aromatic N) is 2. The minimum Gasteiger partial charge on any atom is -0.395 e.